The first-order chi connectivity index (χ1) is 9.93. The average molecular weight is 274 g/mol. The molecule has 20 heavy (non-hydrogen) atoms. The first-order valence-electron chi connectivity index (χ1n) is 6.81. The molecule has 0 amide bonds. The Balaban J connectivity index is 1.57. The van der Waals surface area contributed by atoms with Crippen molar-refractivity contribution in [3.63, 3.8) is 0 Å². The Bertz CT molecular complexity index is 523. The molecule has 0 unspecified atom stereocenters. The maximum Gasteiger partial charge on any atom is 0.247 e. The number of rotatable bonds is 5. The zero-order valence-electron chi connectivity index (χ0n) is 11.3. The maximum absolute atomic E-state index is 5.33. The molecule has 0 bridgehead atoms. The number of hydrogen-bond donors (Lipinski definition) is 1. The van der Waals surface area contributed by atoms with Crippen LogP contribution in [0.5, 0.6) is 0 Å². The summed E-state index contributed by atoms with van der Waals surface area (Å²) in [6.07, 6.45) is 0. The highest BCUT2D eigenvalue weighted by atomic mass is 16.5. The van der Waals surface area contributed by atoms with Crippen LogP contribution in [0, 0.1) is 0 Å². The first kappa shape index (κ1) is 13.0. The molecule has 0 radical (unpaired) electrons. The third kappa shape index (κ3) is 3.12. The van der Waals surface area contributed by atoms with Gasteiger partial charge in [0.2, 0.25) is 5.95 Å². The van der Waals surface area contributed by atoms with Crippen molar-refractivity contribution in [2.75, 3.05) is 44.7 Å². The van der Waals surface area contributed by atoms with Gasteiger partial charge in [-0.05, 0) is 22.6 Å². The van der Waals surface area contributed by atoms with Gasteiger partial charge in [-0.3, -0.25) is 4.90 Å². The summed E-state index contributed by atoms with van der Waals surface area (Å²) in [5, 5.41) is 15.0. The van der Waals surface area contributed by atoms with E-state index < -0.39 is 0 Å². The molecule has 1 saturated heterocycles. The lowest BCUT2D eigenvalue weighted by molar-refractivity contribution is 0.0398. The van der Waals surface area contributed by atoms with E-state index in [1.54, 1.807) is 4.68 Å². The van der Waals surface area contributed by atoms with E-state index in [0.29, 0.717) is 5.95 Å². The lowest BCUT2D eigenvalue weighted by Crippen LogP contribution is -2.39. The molecule has 7 heteroatoms. The highest BCUT2D eigenvalue weighted by Crippen LogP contribution is 2.10. The van der Waals surface area contributed by atoms with Crippen molar-refractivity contribution in [2.45, 2.75) is 0 Å². The van der Waals surface area contributed by atoms with E-state index in [0.717, 1.165) is 45.1 Å². The molecule has 106 valence electrons. The van der Waals surface area contributed by atoms with Crippen LogP contribution in [-0.4, -0.2) is 64.5 Å². The molecule has 1 aliphatic rings. The predicted octanol–water partition coefficient (Wildman–Crippen LogP) is 0.406. The van der Waals surface area contributed by atoms with Crippen molar-refractivity contribution in [2.24, 2.45) is 0 Å². The molecule has 0 atom stereocenters. The minimum atomic E-state index is 0.671. The van der Waals surface area contributed by atoms with Crippen LogP contribution in [0.4, 0.5) is 5.95 Å². The number of benzene rings is 1. The fourth-order valence-corrected chi connectivity index (χ4v) is 2.19. The standard InChI is InChI=1S/C13H18N6O/c1-2-4-12(5-3-1)19-13(15-16-17-19)14-6-7-18-8-10-20-11-9-18/h1-5H,6-11H2,(H,14,15,17). The monoisotopic (exact) mass is 274 g/mol. The fourth-order valence-electron chi connectivity index (χ4n) is 2.19. The zero-order valence-corrected chi connectivity index (χ0v) is 11.3. The van der Waals surface area contributed by atoms with Gasteiger partial charge in [0.05, 0.1) is 18.9 Å². The summed E-state index contributed by atoms with van der Waals surface area (Å²) in [6, 6.07) is 9.86. The predicted molar refractivity (Wildman–Crippen MR) is 74.9 cm³/mol. The third-order valence-electron chi connectivity index (χ3n) is 3.29. The van der Waals surface area contributed by atoms with Crippen LogP contribution < -0.4 is 5.32 Å². The smallest absolute Gasteiger partial charge is 0.247 e. The summed E-state index contributed by atoms with van der Waals surface area (Å²) in [5.74, 6) is 0.671. The quantitative estimate of drug-likeness (QED) is 0.851. The molecule has 1 aromatic heterocycles. The second kappa shape index (κ2) is 6.44. The molecule has 7 nitrogen and oxygen atoms in total. The van der Waals surface area contributed by atoms with Gasteiger partial charge in [-0.1, -0.05) is 23.3 Å². The molecule has 2 heterocycles. The normalized spacial score (nSPS) is 16.2. The van der Waals surface area contributed by atoms with Crippen LogP contribution >= 0.6 is 0 Å². The number of aromatic nitrogens is 4. The summed E-state index contributed by atoms with van der Waals surface area (Å²) in [4.78, 5) is 2.37. The van der Waals surface area contributed by atoms with Crippen molar-refractivity contribution in [1.29, 1.82) is 0 Å². The molecular formula is C13H18N6O. The first-order valence-corrected chi connectivity index (χ1v) is 6.81. The molecule has 0 aliphatic carbocycles. The Labute approximate surface area is 117 Å². The highest BCUT2D eigenvalue weighted by Gasteiger charge is 2.11. The second-order valence-corrected chi connectivity index (χ2v) is 4.63. The summed E-state index contributed by atoms with van der Waals surface area (Å²) >= 11 is 0. The Hall–Kier alpha value is -1.99. The van der Waals surface area contributed by atoms with Crippen LogP contribution in [-0.2, 0) is 4.74 Å². The van der Waals surface area contributed by atoms with Gasteiger partial charge in [0.1, 0.15) is 0 Å². The summed E-state index contributed by atoms with van der Waals surface area (Å²) in [7, 11) is 0. The zero-order chi connectivity index (χ0) is 13.6. The lowest BCUT2D eigenvalue weighted by Gasteiger charge is -2.26. The topological polar surface area (TPSA) is 68.1 Å². The number of para-hydroxylation sites is 1. The van der Waals surface area contributed by atoms with Crippen LogP contribution in [0.15, 0.2) is 30.3 Å². The summed E-state index contributed by atoms with van der Waals surface area (Å²) < 4.78 is 7.04. The van der Waals surface area contributed by atoms with Crippen molar-refractivity contribution in [3.8, 4) is 5.69 Å². The maximum atomic E-state index is 5.33. The van der Waals surface area contributed by atoms with Gasteiger partial charge in [0, 0.05) is 26.2 Å². The fraction of sp³-hybridized carbons (Fsp3) is 0.462. The molecule has 1 fully saturated rings. The van der Waals surface area contributed by atoms with Gasteiger partial charge in [0.15, 0.2) is 0 Å². The molecule has 2 aromatic rings. The molecule has 1 aromatic carbocycles. The van der Waals surface area contributed by atoms with E-state index >= 15 is 0 Å². The van der Waals surface area contributed by atoms with Gasteiger partial charge in [-0.15, -0.1) is 0 Å². The van der Waals surface area contributed by atoms with E-state index in [9.17, 15) is 0 Å². The largest absolute Gasteiger partial charge is 0.379 e. The average Bonchev–Trinajstić information content (AvgIpc) is 2.98. The van der Waals surface area contributed by atoms with Crippen LogP contribution in [0.25, 0.3) is 5.69 Å². The Kier molecular flexibility index (Phi) is 4.19. The number of nitrogens with zero attached hydrogens (tertiary/aromatic N) is 5. The van der Waals surface area contributed by atoms with Gasteiger partial charge in [0.25, 0.3) is 0 Å². The van der Waals surface area contributed by atoms with Gasteiger partial charge in [-0.2, -0.15) is 4.68 Å². The minimum Gasteiger partial charge on any atom is -0.379 e. The van der Waals surface area contributed by atoms with E-state index in [1.165, 1.54) is 0 Å². The van der Waals surface area contributed by atoms with Crippen molar-refractivity contribution >= 4 is 5.95 Å². The van der Waals surface area contributed by atoms with E-state index in [2.05, 4.69) is 25.7 Å². The van der Waals surface area contributed by atoms with Gasteiger partial charge in [-0.25, -0.2) is 0 Å². The summed E-state index contributed by atoms with van der Waals surface area (Å²) in [5.41, 5.74) is 0.950. The Morgan fingerprint density at radius 1 is 1.15 bits per heavy atom. The number of anilines is 1. The molecule has 0 saturated carbocycles. The molecule has 1 aliphatic heterocycles. The molecule has 3 rings (SSSR count). The number of ether oxygens (including phenoxy) is 1. The molecule has 1 N–H and O–H groups in total. The lowest BCUT2D eigenvalue weighted by atomic mass is 10.3. The number of nitrogens with one attached hydrogen (secondary N) is 1. The third-order valence-corrected chi connectivity index (χ3v) is 3.29. The Morgan fingerprint density at radius 3 is 2.75 bits per heavy atom. The van der Waals surface area contributed by atoms with Crippen LogP contribution in [0.2, 0.25) is 0 Å². The van der Waals surface area contributed by atoms with Crippen molar-refractivity contribution in [1.82, 2.24) is 25.1 Å². The van der Waals surface area contributed by atoms with Crippen molar-refractivity contribution in [3.05, 3.63) is 30.3 Å². The molecular weight excluding hydrogens is 256 g/mol. The number of hydrogen-bond acceptors (Lipinski definition) is 6. The van der Waals surface area contributed by atoms with Crippen molar-refractivity contribution < 1.29 is 4.74 Å². The van der Waals surface area contributed by atoms with Gasteiger partial charge >= 0.3 is 0 Å². The summed E-state index contributed by atoms with van der Waals surface area (Å²) in [6.45, 7) is 5.40. The molecule has 0 spiro atoms. The van der Waals surface area contributed by atoms with Crippen LogP contribution in [0.3, 0.4) is 0 Å². The highest BCUT2D eigenvalue weighted by molar-refractivity contribution is 5.38. The minimum absolute atomic E-state index is 0.671. The Morgan fingerprint density at radius 2 is 1.95 bits per heavy atom. The van der Waals surface area contributed by atoms with E-state index in [4.69, 9.17) is 4.74 Å². The van der Waals surface area contributed by atoms with E-state index in [1.807, 2.05) is 30.3 Å². The number of morpholine rings is 1. The second-order valence-electron chi connectivity index (χ2n) is 4.63. The SMILES string of the molecule is c1ccc(-n2nnnc2NCCN2CCOCC2)cc1. The number of tetrazole rings is 1. The van der Waals surface area contributed by atoms with Gasteiger partial charge < -0.3 is 10.1 Å². The van der Waals surface area contributed by atoms with Crippen LogP contribution in [0.1, 0.15) is 0 Å². The van der Waals surface area contributed by atoms with E-state index in [-0.39, 0.29) is 0 Å².